The fraction of sp³-hybridized carbons (Fsp3) is 0.523. The molecule has 0 saturated carbocycles. The van der Waals surface area contributed by atoms with E-state index in [1.807, 2.05) is 43.3 Å². The maximum absolute atomic E-state index is 14.1. The minimum absolute atomic E-state index is 0.139. The van der Waals surface area contributed by atoms with Crippen molar-refractivity contribution in [2.45, 2.75) is 102 Å². The highest BCUT2D eigenvalue weighted by Gasteiger charge is 2.46. The van der Waals surface area contributed by atoms with E-state index in [-0.39, 0.29) is 30.8 Å². The third-order valence-electron chi connectivity index (χ3n) is 11.3. The average molecular weight is 788 g/mol. The molecule has 2 aliphatic heterocycles. The van der Waals surface area contributed by atoms with Gasteiger partial charge in [0, 0.05) is 30.9 Å². The summed E-state index contributed by atoms with van der Waals surface area (Å²) in [4.78, 5) is 61.9. The normalized spacial score (nSPS) is 19.9. The number of esters is 2. The molecule has 12 heteroatoms. The summed E-state index contributed by atoms with van der Waals surface area (Å²) in [5.74, 6) is -2.77. The smallest absolute Gasteiger partial charge is 0.328 e. The summed E-state index contributed by atoms with van der Waals surface area (Å²) in [5.41, 5.74) is 1.89. The van der Waals surface area contributed by atoms with E-state index < -0.39 is 51.0 Å². The SMILES string of the molecule is CCC(C)(CC1CCN(CS(=O)(=O)Cc2ccccc2)[C@@H](C(=O)OCCCCc2ccccc2)C1)C(=O)C(=O)N1CCC[C@H]1C(=O)OCCCc1cccnc1. The number of ketones is 1. The summed E-state index contributed by atoms with van der Waals surface area (Å²) < 4.78 is 38.2. The quantitative estimate of drug-likeness (QED) is 0.0745. The van der Waals surface area contributed by atoms with Crippen molar-refractivity contribution < 1.29 is 37.1 Å². The van der Waals surface area contributed by atoms with Crippen molar-refractivity contribution in [2.75, 3.05) is 32.2 Å². The summed E-state index contributed by atoms with van der Waals surface area (Å²) in [6.45, 7) is 4.71. The number of benzene rings is 2. The topological polar surface area (TPSA) is 140 Å². The van der Waals surface area contributed by atoms with Crippen LogP contribution in [0.5, 0.6) is 0 Å². The van der Waals surface area contributed by atoms with Crippen LogP contribution in [0.15, 0.2) is 85.2 Å². The molecule has 0 spiro atoms. The molecule has 302 valence electrons. The van der Waals surface area contributed by atoms with Gasteiger partial charge in [-0.2, -0.15) is 0 Å². The van der Waals surface area contributed by atoms with Crippen LogP contribution in [-0.2, 0) is 57.1 Å². The van der Waals surface area contributed by atoms with Gasteiger partial charge >= 0.3 is 11.9 Å². The molecule has 1 amide bonds. The van der Waals surface area contributed by atoms with E-state index in [1.54, 1.807) is 48.5 Å². The van der Waals surface area contributed by atoms with Crippen molar-refractivity contribution in [1.82, 2.24) is 14.8 Å². The number of piperidine rings is 1. The largest absolute Gasteiger partial charge is 0.465 e. The number of carbonyl (C=O) groups is 4. The predicted octanol–water partition coefficient (Wildman–Crippen LogP) is 6.14. The van der Waals surface area contributed by atoms with Crippen molar-refractivity contribution in [3.8, 4) is 0 Å². The predicted molar refractivity (Wildman–Crippen MR) is 214 cm³/mol. The minimum Gasteiger partial charge on any atom is -0.465 e. The Kier molecular flexibility index (Phi) is 15.8. The molecule has 2 aromatic carbocycles. The lowest BCUT2D eigenvalue weighted by Crippen LogP contribution is -2.52. The van der Waals surface area contributed by atoms with Gasteiger partial charge in [0.25, 0.3) is 5.91 Å². The summed E-state index contributed by atoms with van der Waals surface area (Å²) in [6, 6.07) is 21.3. The van der Waals surface area contributed by atoms with Gasteiger partial charge in [0.2, 0.25) is 5.78 Å². The van der Waals surface area contributed by atoms with Crippen LogP contribution < -0.4 is 0 Å². The third-order valence-corrected chi connectivity index (χ3v) is 12.8. The Hall–Kier alpha value is -4.42. The molecule has 2 aliphatic rings. The number of carbonyl (C=O) groups excluding carboxylic acids is 4. The monoisotopic (exact) mass is 787 g/mol. The van der Waals surface area contributed by atoms with Gasteiger partial charge < -0.3 is 14.4 Å². The molecule has 1 aromatic heterocycles. The Morgan fingerprint density at radius 2 is 1.43 bits per heavy atom. The zero-order chi connectivity index (χ0) is 40.0. The number of sulfone groups is 1. The van der Waals surface area contributed by atoms with Crippen LogP contribution in [0.2, 0.25) is 0 Å². The molecule has 4 atom stereocenters. The molecule has 2 fully saturated rings. The number of rotatable bonds is 20. The van der Waals surface area contributed by atoms with E-state index in [9.17, 15) is 27.6 Å². The molecule has 0 bridgehead atoms. The summed E-state index contributed by atoms with van der Waals surface area (Å²) in [7, 11) is -3.61. The lowest BCUT2D eigenvalue weighted by Gasteiger charge is -2.40. The second-order valence-electron chi connectivity index (χ2n) is 15.6. The molecule has 56 heavy (non-hydrogen) atoms. The van der Waals surface area contributed by atoms with Crippen molar-refractivity contribution in [1.29, 1.82) is 0 Å². The van der Waals surface area contributed by atoms with Crippen LogP contribution >= 0.6 is 0 Å². The van der Waals surface area contributed by atoms with Crippen molar-refractivity contribution >= 4 is 33.5 Å². The Labute approximate surface area is 332 Å². The highest BCUT2D eigenvalue weighted by molar-refractivity contribution is 7.90. The Morgan fingerprint density at radius 1 is 0.786 bits per heavy atom. The lowest BCUT2D eigenvalue weighted by molar-refractivity contribution is -0.158. The maximum atomic E-state index is 14.1. The number of hydrogen-bond donors (Lipinski definition) is 0. The van der Waals surface area contributed by atoms with E-state index in [2.05, 4.69) is 17.1 Å². The number of aromatic nitrogens is 1. The zero-order valence-corrected chi connectivity index (χ0v) is 33.7. The number of ether oxygens (including phenoxy) is 2. The van der Waals surface area contributed by atoms with Gasteiger partial charge in [-0.15, -0.1) is 0 Å². The minimum atomic E-state index is -3.61. The molecular weight excluding hydrogens is 731 g/mol. The van der Waals surface area contributed by atoms with Gasteiger partial charge in [-0.25, -0.2) is 13.2 Å². The number of hydrogen-bond acceptors (Lipinski definition) is 10. The molecule has 0 aliphatic carbocycles. The van der Waals surface area contributed by atoms with Gasteiger partial charge in [-0.05, 0) is 99.3 Å². The van der Waals surface area contributed by atoms with Gasteiger partial charge in [0.05, 0.1) is 19.0 Å². The number of nitrogens with zero attached hydrogens (tertiary/aromatic N) is 3. The van der Waals surface area contributed by atoms with Crippen molar-refractivity contribution in [3.05, 3.63) is 102 Å². The molecule has 0 radical (unpaired) electrons. The van der Waals surface area contributed by atoms with Gasteiger partial charge in [0.1, 0.15) is 18.0 Å². The number of unbranched alkanes of at least 4 members (excludes halogenated alkanes) is 1. The van der Waals surface area contributed by atoms with Gasteiger partial charge in [-0.1, -0.05) is 80.6 Å². The highest BCUT2D eigenvalue weighted by atomic mass is 32.2. The van der Waals surface area contributed by atoms with Gasteiger partial charge in [0.15, 0.2) is 9.84 Å². The van der Waals surface area contributed by atoms with E-state index >= 15 is 0 Å². The lowest BCUT2D eigenvalue weighted by atomic mass is 9.71. The van der Waals surface area contributed by atoms with Crippen LogP contribution in [0.4, 0.5) is 0 Å². The first-order chi connectivity index (χ1) is 27.0. The second kappa shape index (κ2) is 20.7. The third kappa shape index (κ3) is 12.3. The molecule has 3 heterocycles. The van der Waals surface area contributed by atoms with E-state index in [4.69, 9.17) is 9.47 Å². The first-order valence-corrected chi connectivity index (χ1v) is 21.9. The number of likely N-dealkylation sites (tertiary alicyclic amines) is 2. The Balaban J connectivity index is 1.20. The number of pyridine rings is 1. The molecule has 2 saturated heterocycles. The molecular formula is C44H57N3O8S. The first kappa shape index (κ1) is 42.7. The van der Waals surface area contributed by atoms with Crippen LogP contribution in [0.25, 0.3) is 0 Å². The van der Waals surface area contributed by atoms with Crippen LogP contribution in [0, 0.1) is 11.3 Å². The van der Waals surface area contributed by atoms with E-state index in [0.29, 0.717) is 76.4 Å². The first-order valence-electron chi connectivity index (χ1n) is 20.1. The number of amides is 1. The zero-order valence-electron chi connectivity index (χ0n) is 32.9. The summed E-state index contributed by atoms with van der Waals surface area (Å²) >= 11 is 0. The standard InChI is InChI=1S/C44H57N3O8S/c1-3-44(2,40(48)41(49)47-25-13-22-38(47)42(50)55-28-14-21-35-20-12-24-45-31-35)30-37-23-26-46(33-56(52,53)32-36-18-8-5-9-19-36)39(29-37)43(51)54-27-11-10-17-34-15-6-4-7-16-34/h4-9,12,15-16,18-20,24,31,37-39H,3,10-11,13-14,17,21-23,25-30,32-33H2,1-2H3/t37?,38-,39+,44?/m0/s1. The Bertz CT molecular complexity index is 1840. The molecule has 5 rings (SSSR count). The van der Waals surface area contributed by atoms with Crippen molar-refractivity contribution in [3.63, 3.8) is 0 Å². The molecule has 0 N–H and O–H groups in total. The van der Waals surface area contributed by atoms with E-state index in [1.165, 1.54) is 10.5 Å². The average Bonchev–Trinajstić information content (AvgIpc) is 3.70. The fourth-order valence-electron chi connectivity index (χ4n) is 7.91. The number of aryl methyl sites for hydroxylation is 2. The molecule has 3 aromatic rings. The summed E-state index contributed by atoms with van der Waals surface area (Å²) in [6.07, 6.45) is 9.79. The fourth-order valence-corrected chi connectivity index (χ4v) is 9.52. The van der Waals surface area contributed by atoms with E-state index in [0.717, 1.165) is 18.4 Å². The highest BCUT2D eigenvalue weighted by Crippen LogP contribution is 2.38. The van der Waals surface area contributed by atoms with Crippen LogP contribution in [-0.4, -0.2) is 91.1 Å². The van der Waals surface area contributed by atoms with Crippen LogP contribution in [0.3, 0.4) is 0 Å². The number of Topliss-reactive ketones (excluding diaryl/α,β-unsaturated/α-hetero) is 1. The summed E-state index contributed by atoms with van der Waals surface area (Å²) in [5, 5.41) is 0. The molecule has 2 unspecified atom stereocenters. The van der Waals surface area contributed by atoms with Crippen molar-refractivity contribution in [2.24, 2.45) is 11.3 Å². The van der Waals surface area contributed by atoms with Crippen LogP contribution in [0.1, 0.15) is 88.3 Å². The van der Waals surface area contributed by atoms with Gasteiger partial charge in [-0.3, -0.25) is 24.3 Å². The Morgan fingerprint density at radius 3 is 2.11 bits per heavy atom. The maximum Gasteiger partial charge on any atom is 0.328 e. The second-order valence-corrected chi connectivity index (χ2v) is 17.6. The molecule has 11 nitrogen and oxygen atoms in total.